The molecule has 2 heterocycles. The topological polar surface area (TPSA) is 80.4 Å². The lowest BCUT2D eigenvalue weighted by molar-refractivity contribution is 0.200. The summed E-state index contributed by atoms with van der Waals surface area (Å²) >= 11 is 0. The van der Waals surface area contributed by atoms with Crippen molar-refractivity contribution in [3.8, 4) is 0 Å². The van der Waals surface area contributed by atoms with Crippen molar-refractivity contribution in [1.82, 2.24) is 14.2 Å². The number of nitrogens with zero attached hydrogens (tertiary/aromatic N) is 2. The smallest absolute Gasteiger partial charge is 0.249 e. The summed E-state index contributed by atoms with van der Waals surface area (Å²) in [4.78, 5) is 2.41. The fraction of sp³-hybridized carbons (Fsp3) is 0.333. The molecule has 0 aliphatic carbocycles. The van der Waals surface area contributed by atoms with Gasteiger partial charge in [-0.1, -0.05) is 42.5 Å². The maximum atomic E-state index is 13.6. The molecule has 6 nitrogen and oxygen atoms in total. The Morgan fingerprint density at radius 1 is 1.23 bits per heavy atom. The third kappa shape index (κ3) is 4.32. The van der Waals surface area contributed by atoms with Gasteiger partial charge in [0.25, 0.3) is 0 Å². The van der Waals surface area contributed by atoms with Crippen molar-refractivity contribution < 1.29 is 8.42 Å². The molecule has 0 amide bonds. The monoisotopic (exact) mass is 438 g/mol. The Hall–Kier alpha value is -2.45. The highest BCUT2D eigenvalue weighted by Gasteiger charge is 2.28. The van der Waals surface area contributed by atoms with Crippen molar-refractivity contribution in [2.75, 3.05) is 19.6 Å². The van der Waals surface area contributed by atoms with Crippen LogP contribution in [0.1, 0.15) is 28.9 Å². The molecule has 0 saturated carbocycles. The number of benzene rings is 2. The molecule has 31 heavy (non-hydrogen) atoms. The van der Waals surface area contributed by atoms with Crippen molar-refractivity contribution in [2.24, 2.45) is 5.73 Å². The van der Waals surface area contributed by atoms with Gasteiger partial charge in [0.05, 0.1) is 5.52 Å². The van der Waals surface area contributed by atoms with Crippen LogP contribution in [-0.2, 0) is 23.1 Å². The van der Waals surface area contributed by atoms with Crippen molar-refractivity contribution in [2.45, 2.75) is 31.3 Å². The molecule has 1 aliphatic rings. The van der Waals surface area contributed by atoms with E-state index in [1.54, 1.807) is 6.20 Å². The van der Waals surface area contributed by atoms with E-state index in [0.717, 1.165) is 42.7 Å². The molecular weight excluding hydrogens is 408 g/mol. The van der Waals surface area contributed by atoms with Gasteiger partial charge in [-0.05, 0) is 35.7 Å². The fourth-order valence-electron chi connectivity index (χ4n) is 4.36. The molecule has 0 bridgehead atoms. The zero-order valence-corrected chi connectivity index (χ0v) is 18.7. The second-order valence-electron chi connectivity index (χ2n) is 8.20. The maximum absolute atomic E-state index is 13.6. The molecule has 1 aromatic heterocycles. The molecule has 1 fully saturated rings. The van der Waals surface area contributed by atoms with Gasteiger partial charge in [-0.3, -0.25) is 4.90 Å². The Morgan fingerprint density at radius 3 is 2.68 bits per heavy atom. The second-order valence-corrected chi connectivity index (χ2v) is 10.1. The summed E-state index contributed by atoms with van der Waals surface area (Å²) in [6.07, 6.45) is 3.15. The van der Waals surface area contributed by atoms with E-state index >= 15 is 0 Å². The lowest BCUT2D eigenvalue weighted by Gasteiger charge is -2.32. The van der Waals surface area contributed by atoms with E-state index in [1.165, 1.54) is 10.0 Å². The highest BCUT2D eigenvalue weighted by Crippen LogP contribution is 2.30. The first-order chi connectivity index (χ1) is 14.9. The van der Waals surface area contributed by atoms with Gasteiger partial charge in [0.2, 0.25) is 10.0 Å². The lowest BCUT2D eigenvalue weighted by Crippen LogP contribution is -2.48. The summed E-state index contributed by atoms with van der Waals surface area (Å²) < 4.78 is 28.6. The fourth-order valence-corrected chi connectivity index (χ4v) is 6.01. The highest BCUT2D eigenvalue weighted by atomic mass is 32.2. The van der Waals surface area contributed by atoms with Crippen LogP contribution < -0.4 is 11.1 Å². The van der Waals surface area contributed by atoms with Crippen LogP contribution in [0.2, 0.25) is 0 Å². The van der Waals surface area contributed by atoms with E-state index in [-0.39, 0.29) is 0 Å². The summed E-state index contributed by atoms with van der Waals surface area (Å²) in [5.41, 5.74) is 9.16. The van der Waals surface area contributed by atoms with Crippen LogP contribution in [-0.4, -0.2) is 43.0 Å². The SMILES string of the molecule is C=CC(c1ccc(CN)cc1)S(=O)(=O)n1ccc2c(CN3CCNC(C)C3)cccc21. The van der Waals surface area contributed by atoms with Gasteiger partial charge in [0.15, 0.2) is 0 Å². The minimum absolute atomic E-state index is 0.419. The number of rotatable bonds is 7. The summed E-state index contributed by atoms with van der Waals surface area (Å²) in [6, 6.07) is 15.6. The zero-order chi connectivity index (χ0) is 22.0. The Kier molecular flexibility index (Phi) is 6.29. The first kappa shape index (κ1) is 21.8. The first-order valence-electron chi connectivity index (χ1n) is 10.6. The van der Waals surface area contributed by atoms with Crippen LogP contribution in [0.4, 0.5) is 0 Å². The van der Waals surface area contributed by atoms with Gasteiger partial charge < -0.3 is 11.1 Å². The first-order valence-corrected chi connectivity index (χ1v) is 12.1. The molecule has 4 rings (SSSR count). The summed E-state index contributed by atoms with van der Waals surface area (Å²) in [6.45, 7) is 10.1. The predicted octanol–water partition coefficient (Wildman–Crippen LogP) is 3.00. The number of nitrogens with two attached hydrogens (primary N) is 1. The molecule has 1 saturated heterocycles. The molecule has 0 radical (unpaired) electrons. The molecule has 164 valence electrons. The molecule has 2 unspecified atom stereocenters. The van der Waals surface area contributed by atoms with E-state index in [2.05, 4.69) is 29.8 Å². The van der Waals surface area contributed by atoms with Gasteiger partial charge in [-0.2, -0.15) is 0 Å². The Morgan fingerprint density at radius 2 is 2.00 bits per heavy atom. The van der Waals surface area contributed by atoms with Gasteiger partial charge in [-0.25, -0.2) is 12.4 Å². The van der Waals surface area contributed by atoms with E-state index < -0.39 is 15.3 Å². The van der Waals surface area contributed by atoms with E-state index in [9.17, 15) is 8.42 Å². The number of hydrogen-bond donors (Lipinski definition) is 2. The average molecular weight is 439 g/mol. The third-order valence-electron chi connectivity index (χ3n) is 5.99. The number of hydrogen-bond acceptors (Lipinski definition) is 5. The third-order valence-corrected chi connectivity index (χ3v) is 7.96. The van der Waals surface area contributed by atoms with Crippen LogP contribution in [0.5, 0.6) is 0 Å². The summed E-state index contributed by atoms with van der Waals surface area (Å²) in [7, 11) is -3.72. The minimum atomic E-state index is -3.72. The highest BCUT2D eigenvalue weighted by molar-refractivity contribution is 7.90. The molecule has 0 spiro atoms. The zero-order valence-electron chi connectivity index (χ0n) is 17.9. The Labute approximate surface area is 184 Å². The quantitative estimate of drug-likeness (QED) is 0.555. The van der Waals surface area contributed by atoms with Gasteiger partial charge >= 0.3 is 0 Å². The van der Waals surface area contributed by atoms with E-state index in [4.69, 9.17) is 5.73 Å². The molecule has 2 atom stereocenters. The molecule has 2 aromatic carbocycles. The van der Waals surface area contributed by atoms with E-state index in [1.807, 2.05) is 42.5 Å². The molecular formula is C24H30N4O2S. The Bertz CT molecular complexity index is 1170. The normalized spacial score (nSPS) is 18.8. The number of piperazine rings is 1. The van der Waals surface area contributed by atoms with Crippen molar-refractivity contribution in [3.05, 3.63) is 84.1 Å². The number of fused-ring (bicyclic) bond motifs is 1. The molecule has 3 N–H and O–H groups in total. The molecule has 7 heteroatoms. The van der Waals surface area contributed by atoms with Crippen molar-refractivity contribution in [1.29, 1.82) is 0 Å². The van der Waals surface area contributed by atoms with Crippen molar-refractivity contribution in [3.63, 3.8) is 0 Å². The predicted molar refractivity (Wildman–Crippen MR) is 126 cm³/mol. The lowest BCUT2D eigenvalue weighted by atomic mass is 10.1. The largest absolute Gasteiger partial charge is 0.326 e. The van der Waals surface area contributed by atoms with E-state index in [0.29, 0.717) is 23.7 Å². The van der Waals surface area contributed by atoms with Crippen LogP contribution in [0.25, 0.3) is 10.9 Å². The van der Waals surface area contributed by atoms with Crippen molar-refractivity contribution >= 4 is 20.9 Å². The van der Waals surface area contributed by atoms with Gasteiger partial charge in [0, 0.05) is 50.3 Å². The van der Waals surface area contributed by atoms with Crippen LogP contribution in [0, 0.1) is 0 Å². The van der Waals surface area contributed by atoms with Crippen LogP contribution >= 0.6 is 0 Å². The average Bonchev–Trinajstić information content (AvgIpc) is 3.21. The molecule has 3 aromatic rings. The molecule has 1 aliphatic heterocycles. The second kappa shape index (κ2) is 8.96. The number of nitrogens with one attached hydrogen (secondary N) is 1. The summed E-state index contributed by atoms with van der Waals surface area (Å²) in [5, 5.41) is 3.59. The van der Waals surface area contributed by atoms with Crippen LogP contribution in [0.3, 0.4) is 0 Å². The number of aromatic nitrogens is 1. The minimum Gasteiger partial charge on any atom is -0.326 e. The maximum Gasteiger partial charge on any atom is 0.249 e. The summed E-state index contributed by atoms with van der Waals surface area (Å²) in [5.74, 6) is 0. The van der Waals surface area contributed by atoms with Gasteiger partial charge in [0.1, 0.15) is 5.25 Å². The van der Waals surface area contributed by atoms with Gasteiger partial charge in [-0.15, -0.1) is 6.58 Å². The van der Waals surface area contributed by atoms with Crippen LogP contribution in [0.15, 0.2) is 67.4 Å². The Balaban J connectivity index is 1.69. The standard InChI is InChI=1S/C24H30N4O2S/c1-3-24(20-9-7-19(15-25)8-10-20)31(29,30)28-13-11-22-21(5-4-6-23(22)28)17-27-14-12-26-18(2)16-27/h3-11,13,18,24,26H,1,12,14-17,25H2,2H3.